The average molecular weight is 304 g/mol. The third-order valence-corrected chi connectivity index (χ3v) is 3.98. The number of anilines is 1. The van der Waals surface area contributed by atoms with Gasteiger partial charge in [0, 0.05) is 32.0 Å². The summed E-state index contributed by atoms with van der Waals surface area (Å²) in [6.07, 6.45) is 1.28. The molecule has 6 nitrogen and oxygen atoms in total. The van der Waals surface area contributed by atoms with Crippen LogP contribution in [-0.4, -0.2) is 44.7 Å². The Balaban J connectivity index is 1.52. The molecule has 0 spiro atoms. The van der Waals surface area contributed by atoms with Gasteiger partial charge in [-0.25, -0.2) is 0 Å². The second-order valence-electron chi connectivity index (χ2n) is 5.59. The van der Waals surface area contributed by atoms with E-state index in [0.29, 0.717) is 24.8 Å². The number of rotatable bonds is 5. The van der Waals surface area contributed by atoms with Gasteiger partial charge in [0.05, 0.1) is 12.3 Å². The van der Waals surface area contributed by atoms with E-state index in [1.807, 2.05) is 24.3 Å². The molecule has 1 atom stereocenters. The van der Waals surface area contributed by atoms with E-state index in [2.05, 4.69) is 5.32 Å². The van der Waals surface area contributed by atoms with E-state index in [9.17, 15) is 9.59 Å². The number of ether oxygens (including phenoxy) is 2. The zero-order chi connectivity index (χ0) is 15.4. The van der Waals surface area contributed by atoms with E-state index in [-0.39, 0.29) is 24.8 Å². The summed E-state index contributed by atoms with van der Waals surface area (Å²) in [7, 11) is 0. The first kappa shape index (κ1) is 14.8. The fourth-order valence-corrected chi connectivity index (χ4v) is 2.70. The summed E-state index contributed by atoms with van der Waals surface area (Å²) in [5.41, 5.74) is 0.732. The number of hydrogen-bond donors (Lipinski definition) is 1. The monoisotopic (exact) mass is 304 g/mol. The summed E-state index contributed by atoms with van der Waals surface area (Å²) in [5, 5.41) is 2.91. The minimum Gasteiger partial charge on any atom is -0.482 e. The second kappa shape index (κ2) is 6.79. The molecule has 0 aromatic heterocycles. The molecule has 2 heterocycles. The van der Waals surface area contributed by atoms with Crippen LogP contribution in [0.3, 0.4) is 0 Å². The first-order valence-electron chi connectivity index (χ1n) is 7.60. The summed E-state index contributed by atoms with van der Waals surface area (Å²) in [5.74, 6) is 0.944. The Labute approximate surface area is 129 Å². The molecule has 0 unspecified atom stereocenters. The van der Waals surface area contributed by atoms with Crippen molar-refractivity contribution in [2.45, 2.75) is 12.8 Å². The highest BCUT2D eigenvalue weighted by molar-refractivity contribution is 5.98. The van der Waals surface area contributed by atoms with Crippen LogP contribution < -0.4 is 15.0 Å². The highest BCUT2D eigenvalue weighted by Crippen LogP contribution is 2.31. The van der Waals surface area contributed by atoms with Crippen molar-refractivity contribution in [3.63, 3.8) is 0 Å². The van der Waals surface area contributed by atoms with Gasteiger partial charge in [-0.2, -0.15) is 0 Å². The molecular weight excluding hydrogens is 284 g/mol. The Morgan fingerprint density at radius 2 is 2.23 bits per heavy atom. The molecule has 118 valence electrons. The van der Waals surface area contributed by atoms with E-state index in [0.717, 1.165) is 25.3 Å². The molecule has 0 saturated carbocycles. The van der Waals surface area contributed by atoms with Crippen LogP contribution in [0.25, 0.3) is 0 Å². The lowest BCUT2D eigenvalue weighted by Crippen LogP contribution is -2.41. The van der Waals surface area contributed by atoms with Gasteiger partial charge in [0.15, 0.2) is 6.61 Å². The van der Waals surface area contributed by atoms with Crippen LogP contribution in [0.1, 0.15) is 12.8 Å². The molecule has 2 aliphatic heterocycles. The fourth-order valence-electron chi connectivity index (χ4n) is 2.70. The quantitative estimate of drug-likeness (QED) is 0.879. The van der Waals surface area contributed by atoms with Crippen LogP contribution in [0.2, 0.25) is 0 Å². The van der Waals surface area contributed by atoms with E-state index in [1.165, 1.54) is 0 Å². The van der Waals surface area contributed by atoms with Crippen LogP contribution in [0.15, 0.2) is 24.3 Å². The van der Waals surface area contributed by atoms with Gasteiger partial charge in [-0.1, -0.05) is 12.1 Å². The van der Waals surface area contributed by atoms with Gasteiger partial charge in [-0.05, 0) is 18.6 Å². The van der Waals surface area contributed by atoms with Crippen molar-refractivity contribution in [1.82, 2.24) is 5.32 Å². The molecule has 2 amide bonds. The first-order valence-corrected chi connectivity index (χ1v) is 7.60. The van der Waals surface area contributed by atoms with Gasteiger partial charge in [0.2, 0.25) is 5.91 Å². The lowest BCUT2D eigenvalue weighted by Gasteiger charge is -2.29. The van der Waals surface area contributed by atoms with Gasteiger partial charge >= 0.3 is 0 Å². The predicted molar refractivity (Wildman–Crippen MR) is 80.8 cm³/mol. The Kier molecular flexibility index (Phi) is 4.58. The van der Waals surface area contributed by atoms with Crippen molar-refractivity contribution >= 4 is 17.5 Å². The fraction of sp³-hybridized carbons (Fsp3) is 0.500. The molecule has 6 heteroatoms. The molecule has 1 aromatic carbocycles. The topological polar surface area (TPSA) is 67.9 Å². The number of para-hydroxylation sites is 2. The minimum absolute atomic E-state index is 0.0258. The summed E-state index contributed by atoms with van der Waals surface area (Å²) >= 11 is 0. The van der Waals surface area contributed by atoms with Gasteiger partial charge < -0.3 is 19.7 Å². The third kappa shape index (κ3) is 3.39. The lowest BCUT2D eigenvalue weighted by atomic mass is 10.1. The maximum atomic E-state index is 12.0. The number of amides is 2. The highest BCUT2D eigenvalue weighted by Gasteiger charge is 2.25. The molecule has 1 fully saturated rings. The smallest absolute Gasteiger partial charge is 0.265 e. The van der Waals surface area contributed by atoms with Gasteiger partial charge in [-0.3, -0.25) is 9.59 Å². The SMILES string of the molecule is O=C(CCN1C(=O)COc2ccccc21)NC[C@H]1CCOC1. The van der Waals surface area contributed by atoms with Gasteiger partial charge in [0.25, 0.3) is 5.91 Å². The van der Waals surface area contributed by atoms with Crippen molar-refractivity contribution in [1.29, 1.82) is 0 Å². The predicted octanol–water partition coefficient (Wildman–Crippen LogP) is 0.955. The molecule has 0 radical (unpaired) electrons. The van der Waals surface area contributed by atoms with E-state index < -0.39 is 0 Å². The van der Waals surface area contributed by atoms with Crippen LogP contribution in [0.5, 0.6) is 5.75 Å². The number of carbonyl (C=O) groups is 2. The highest BCUT2D eigenvalue weighted by atomic mass is 16.5. The minimum atomic E-state index is -0.115. The number of nitrogens with one attached hydrogen (secondary N) is 1. The molecule has 0 aliphatic carbocycles. The van der Waals surface area contributed by atoms with Crippen molar-refractivity contribution < 1.29 is 19.1 Å². The van der Waals surface area contributed by atoms with Gasteiger partial charge in [-0.15, -0.1) is 0 Å². The van der Waals surface area contributed by atoms with Crippen molar-refractivity contribution in [3.8, 4) is 5.75 Å². The summed E-state index contributed by atoms with van der Waals surface area (Å²) in [6.45, 7) is 2.53. The molecule has 3 rings (SSSR count). The normalized spacial score (nSPS) is 20.5. The number of nitrogens with zero attached hydrogens (tertiary/aromatic N) is 1. The maximum absolute atomic E-state index is 12.0. The van der Waals surface area contributed by atoms with Crippen LogP contribution in [0, 0.1) is 5.92 Å². The largest absolute Gasteiger partial charge is 0.482 e. The van der Waals surface area contributed by atoms with Crippen LogP contribution in [0.4, 0.5) is 5.69 Å². The lowest BCUT2D eigenvalue weighted by molar-refractivity contribution is -0.122. The Morgan fingerprint density at radius 1 is 1.36 bits per heavy atom. The zero-order valence-corrected chi connectivity index (χ0v) is 12.4. The van der Waals surface area contributed by atoms with Crippen molar-refractivity contribution in [2.24, 2.45) is 5.92 Å². The van der Waals surface area contributed by atoms with E-state index >= 15 is 0 Å². The van der Waals surface area contributed by atoms with Crippen LogP contribution >= 0.6 is 0 Å². The Hall–Kier alpha value is -2.08. The number of carbonyl (C=O) groups excluding carboxylic acids is 2. The maximum Gasteiger partial charge on any atom is 0.265 e. The molecule has 1 N–H and O–H groups in total. The van der Waals surface area contributed by atoms with E-state index in [1.54, 1.807) is 4.90 Å². The van der Waals surface area contributed by atoms with Crippen molar-refractivity contribution in [3.05, 3.63) is 24.3 Å². The molecule has 22 heavy (non-hydrogen) atoms. The molecular formula is C16H20N2O4. The summed E-state index contributed by atoms with van der Waals surface area (Å²) in [4.78, 5) is 25.6. The molecule has 0 bridgehead atoms. The second-order valence-corrected chi connectivity index (χ2v) is 5.59. The average Bonchev–Trinajstić information content (AvgIpc) is 3.05. The molecule has 1 aromatic rings. The Bertz CT molecular complexity index is 555. The van der Waals surface area contributed by atoms with E-state index in [4.69, 9.17) is 9.47 Å². The summed E-state index contributed by atoms with van der Waals surface area (Å²) < 4.78 is 10.7. The standard InChI is InChI=1S/C16H20N2O4/c19-15(17-9-12-6-8-21-10-12)5-7-18-13-3-1-2-4-14(13)22-11-16(18)20/h1-4,12H,5-11H2,(H,17,19)/t12-/m1/s1. The zero-order valence-electron chi connectivity index (χ0n) is 12.4. The third-order valence-electron chi connectivity index (χ3n) is 3.98. The number of fused-ring (bicyclic) bond motifs is 1. The Morgan fingerprint density at radius 3 is 3.05 bits per heavy atom. The van der Waals surface area contributed by atoms with Crippen LogP contribution in [-0.2, 0) is 14.3 Å². The number of hydrogen-bond acceptors (Lipinski definition) is 4. The number of benzene rings is 1. The first-order chi connectivity index (χ1) is 10.7. The molecule has 2 aliphatic rings. The molecule has 1 saturated heterocycles. The summed E-state index contributed by atoms with van der Waals surface area (Å²) in [6, 6.07) is 7.38. The van der Waals surface area contributed by atoms with Gasteiger partial charge in [0.1, 0.15) is 5.75 Å². The van der Waals surface area contributed by atoms with Crippen molar-refractivity contribution in [2.75, 3.05) is 37.8 Å².